The van der Waals surface area contributed by atoms with Gasteiger partial charge in [-0.1, -0.05) is 51.8 Å². The fourth-order valence-electron chi connectivity index (χ4n) is 4.02. The van der Waals surface area contributed by atoms with Crippen LogP contribution in [0.4, 0.5) is 5.69 Å². The van der Waals surface area contributed by atoms with Crippen LogP contribution in [-0.2, 0) is 13.2 Å². The van der Waals surface area contributed by atoms with Crippen molar-refractivity contribution in [3.63, 3.8) is 0 Å². The summed E-state index contributed by atoms with van der Waals surface area (Å²) in [5, 5.41) is 4.56. The number of thiazole rings is 1. The van der Waals surface area contributed by atoms with Crippen LogP contribution < -0.4 is 14.8 Å². The van der Waals surface area contributed by atoms with Gasteiger partial charge >= 0.3 is 0 Å². The van der Waals surface area contributed by atoms with E-state index in [1.165, 1.54) is 15.8 Å². The summed E-state index contributed by atoms with van der Waals surface area (Å²) >= 11 is 5.45. The molecule has 0 radical (unpaired) electrons. The zero-order valence-corrected chi connectivity index (χ0v) is 23.6. The van der Waals surface area contributed by atoms with Gasteiger partial charge in [-0.25, -0.2) is 4.98 Å². The first-order valence-electron chi connectivity index (χ1n) is 12.3. The van der Waals surface area contributed by atoms with Crippen LogP contribution in [0, 0.1) is 13.8 Å². The van der Waals surface area contributed by atoms with Gasteiger partial charge < -0.3 is 14.8 Å². The average Bonchev–Trinajstić information content (AvgIpc) is 3.32. The van der Waals surface area contributed by atoms with Gasteiger partial charge in [0.2, 0.25) is 0 Å². The van der Waals surface area contributed by atoms with E-state index < -0.39 is 0 Å². The van der Waals surface area contributed by atoms with Crippen LogP contribution in [0.1, 0.15) is 29.2 Å². The Morgan fingerprint density at radius 2 is 1.57 bits per heavy atom. The molecule has 0 aliphatic rings. The average molecular weight is 574 g/mol. The lowest BCUT2D eigenvalue weighted by Gasteiger charge is -2.16. The van der Waals surface area contributed by atoms with Crippen LogP contribution in [0.2, 0.25) is 0 Å². The van der Waals surface area contributed by atoms with E-state index in [9.17, 15) is 0 Å². The molecule has 0 aliphatic heterocycles. The third kappa shape index (κ3) is 6.14. The van der Waals surface area contributed by atoms with Crippen molar-refractivity contribution in [1.82, 2.24) is 4.98 Å². The van der Waals surface area contributed by atoms with Crippen molar-refractivity contribution in [2.75, 3.05) is 11.9 Å². The fourth-order valence-corrected chi connectivity index (χ4v) is 5.55. The normalized spacial score (nSPS) is 11.0. The molecular formula is C31H29BrN2O2S. The Hall–Kier alpha value is -3.35. The number of anilines is 1. The second-order valence-corrected chi connectivity index (χ2v) is 10.9. The summed E-state index contributed by atoms with van der Waals surface area (Å²) in [4.78, 5) is 4.80. The second kappa shape index (κ2) is 11.4. The standard InChI is InChI=1S/C31H29BrN2O2S/c1-4-35-28-16-24(26(32)17-29(28)36-19-22-8-5-20(2)6-9-22)18-33-25-12-10-23(11-13-25)31-34-27-14-7-21(3)15-30(27)37-31/h5-17,33H,4,18-19H2,1-3H3. The predicted octanol–water partition coefficient (Wildman–Crippen LogP) is 8.93. The highest BCUT2D eigenvalue weighted by atomic mass is 79.9. The highest BCUT2D eigenvalue weighted by Gasteiger charge is 2.12. The van der Waals surface area contributed by atoms with Gasteiger partial charge in [0, 0.05) is 22.3 Å². The molecule has 5 rings (SSSR count). The topological polar surface area (TPSA) is 43.4 Å². The molecular weight excluding hydrogens is 544 g/mol. The van der Waals surface area contributed by atoms with Crippen molar-refractivity contribution < 1.29 is 9.47 Å². The molecule has 1 aromatic heterocycles. The van der Waals surface area contributed by atoms with Gasteiger partial charge in [0.15, 0.2) is 11.5 Å². The molecule has 5 aromatic rings. The maximum atomic E-state index is 6.12. The zero-order chi connectivity index (χ0) is 25.8. The van der Waals surface area contributed by atoms with Crippen LogP contribution in [-0.4, -0.2) is 11.6 Å². The second-order valence-electron chi connectivity index (χ2n) is 9.02. The van der Waals surface area contributed by atoms with Crippen molar-refractivity contribution in [3.05, 3.63) is 106 Å². The third-order valence-electron chi connectivity index (χ3n) is 6.09. The summed E-state index contributed by atoms with van der Waals surface area (Å²) in [7, 11) is 0. The lowest BCUT2D eigenvalue weighted by Crippen LogP contribution is -2.04. The molecule has 0 amide bonds. The zero-order valence-electron chi connectivity index (χ0n) is 21.2. The first-order valence-corrected chi connectivity index (χ1v) is 13.9. The molecule has 0 saturated heterocycles. The Labute approximate surface area is 230 Å². The number of halogens is 1. The molecule has 1 N–H and O–H groups in total. The van der Waals surface area contributed by atoms with E-state index >= 15 is 0 Å². The van der Waals surface area contributed by atoms with E-state index in [2.05, 4.69) is 102 Å². The Kier molecular flexibility index (Phi) is 7.77. The van der Waals surface area contributed by atoms with Crippen LogP contribution in [0.5, 0.6) is 11.5 Å². The molecule has 0 aliphatic carbocycles. The quantitative estimate of drug-likeness (QED) is 0.191. The summed E-state index contributed by atoms with van der Waals surface area (Å²) in [6, 6.07) is 27.2. The van der Waals surface area contributed by atoms with E-state index in [1.807, 2.05) is 19.1 Å². The first kappa shape index (κ1) is 25.3. The Bertz CT molecular complexity index is 1510. The fraction of sp³-hybridized carbons (Fsp3) is 0.194. The van der Waals surface area contributed by atoms with Crippen LogP contribution in [0.25, 0.3) is 20.8 Å². The van der Waals surface area contributed by atoms with E-state index in [4.69, 9.17) is 14.5 Å². The van der Waals surface area contributed by atoms with Crippen molar-refractivity contribution in [2.24, 2.45) is 0 Å². The summed E-state index contributed by atoms with van der Waals surface area (Å²) in [5.41, 5.74) is 7.93. The van der Waals surface area contributed by atoms with Crippen molar-refractivity contribution in [1.29, 1.82) is 0 Å². The number of rotatable bonds is 9. The molecule has 0 spiro atoms. The SMILES string of the molecule is CCOc1cc(CNc2ccc(-c3nc4ccc(C)cc4s3)cc2)c(Br)cc1OCc1ccc(C)cc1. The number of benzene rings is 4. The highest BCUT2D eigenvalue weighted by Crippen LogP contribution is 2.35. The molecule has 0 saturated carbocycles. The summed E-state index contributed by atoms with van der Waals surface area (Å²) < 4.78 is 14.2. The minimum absolute atomic E-state index is 0.491. The molecule has 0 bridgehead atoms. The number of ether oxygens (including phenoxy) is 2. The minimum atomic E-state index is 0.491. The largest absolute Gasteiger partial charge is 0.490 e. The Morgan fingerprint density at radius 1 is 0.838 bits per heavy atom. The van der Waals surface area contributed by atoms with Crippen molar-refractivity contribution in [2.45, 2.75) is 33.9 Å². The number of hydrogen-bond acceptors (Lipinski definition) is 5. The van der Waals surface area contributed by atoms with Gasteiger partial charge in [0.25, 0.3) is 0 Å². The maximum Gasteiger partial charge on any atom is 0.162 e. The smallest absolute Gasteiger partial charge is 0.162 e. The molecule has 4 nitrogen and oxygen atoms in total. The van der Waals surface area contributed by atoms with Gasteiger partial charge in [0.1, 0.15) is 11.6 Å². The van der Waals surface area contributed by atoms with E-state index in [0.29, 0.717) is 19.8 Å². The lowest BCUT2D eigenvalue weighted by molar-refractivity contribution is 0.269. The Morgan fingerprint density at radius 3 is 2.32 bits per heavy atom. The van der Waals surface area contributed by atoms with Crippen LogP contribution in [0.3, 0.4) is 0 Å². The summed E-state index contributed by atoms with van der Waals surface area (Å²) in [5.74, 6) is 1.48. The van der Waals surface area contributed by atoms with Crippen LogP contribution in [0.15, 0.2) is 83.3 Å². The first-order chi connectivity index (χ1) is 18.0. The van der Waals surface area contributed by atoms with Crippen molar-refractivity contribution >= 4 is 43.2 Å². The third-order valence-corrected chi connectivity index (χ3v) is 7.89. The molecule has 6 heteroatoms. The van der Waals surface area contributed by atoms with Crippen molar-refractivity contribution in [3.8, 4) is 22.1 Å². The molecule has 0 unspecified atom stereocenters. The predicted molar refractivity (Wildman–Crippen MR) is 158 cm³/mol. The lowest BCUT2D eigenvalue weighted by atomic mass is 10.1. The van der Waals surface area contributed by atoms with Gasteiger partial charge in [0.05, 0.1) is 16.8 Å². The molecule has 1 heterocycles. The Balaban J connectivity index is 1.26. The number of fused-ring (bicyclic) bond motifs is 1. The number of hydrogen-bond donors (Lipinski definition) is 1. The maximum absolute atomic E-state index is 6.12. The van der Waals surface area contributed by atoms with Gasteiger partial charge in [-0.05, 0) is 86.0 Å². The monoisotopic (exact) mass is 572 g/mol. The van der Waals surface area contributed by atoms with Gasteiger partial charge in [-0.2, -0.15) is 0 Å². The summed E-state index contributed by atoms with van der Waals surface area (Å²) in [6.45, 7) is 7.89. The van der Waals surface area contributed by atoms with Gasteiger partial charge in [-0.15, -0.1) is 11.3 Å². The molecule has 188 valence electrons. The van der Waals surface area contributed by atoms with E-state index in [0.717, 1.165) is 48.9 Å². The van der Waals surface area contributed by atoms with Crippen LogP contribution >= 0.6 is 27.3 Å². The minimum Gasteiger partial charge on any atom is -0.490 e. The molecule has 0 atom stereocenters. The molecule has 4 aromatic carbocycles. The van der Waals surface area contributed by atoms with E-state index in [-0.39, 0.29) is 0 Å². The molecule has 0 fully saturated rings. The number of aromatic nitrogens is 1. The number of nitrogens with one attached hydrogen (secondary N) is 1. The number of nitrogens with zero attached hydrogens (tertiary/aromatic N) is 1. The van der Waals surface area contributed by atoms with Gasteiger partial charge in [-0.3, -0.25) is 0 Å². The molecule has 37 heavy (non-hydrogen) atoms. The number of aryl methyl sites for hydroxylation is 2. The summed E-state index contributed by atoms with van der Waals surface area (Å²) in [6.07, 6.45) is 0. The highest BCUT2D eigenvalue weighted by molar-refractivity contribution is 9.10. The van der Waals surface area contributed by atoms with E-state index in [1.54, 1.807) is 11.3 Å².